The van der Waals surface area contributed by atoms with Crippen LogP contribution in [0, 0.1) is 0 Å². The van der Waals surface area contributed by atoms with Crippen LogP contribution in [0.25, 0.3) is 11.3 Å². The standard InChI is InChI=1S/C24H24N4O3/c1-16-23(31-21-7-3-2-6-20(21)30-16)24(29)25-18-10-8-17(9-11-18)19-12-13-22(27-26-19)28-14-4-5-15-28/h2-3,6-13,16,23H,4-5,14-15H2,1H3,(H,25,29). The van der Waals surface area contributed by atoms with E-state index in [1.807, 2.05) is 61.5 Å². The van der Waals surface area contributed by atoms with Crippen LogP contribution in [0.4, 0.5) is 11.5 Å². The van der Waals surface area contributed by atoms with E-state index in [0.717, 1.165) is 30.2 Å². The largest absolute Gasteiger partial charge is 0.482 e. The van der Waals surface area contributed by atoms with Gasteiger partial charge in [-0.25, -0.2) is 0 Å². The number of fused-ring (bicyclic) bond motifs is 1. The zero-order valence-corrected chi connectivity index (χ0v) is 17.3. The van der Waals surface area contributed by atoms with Gasteiger partial charge >= 0.3 is 0 Å². The molecule has 0 saturated carbocycles. The van der Waals surface area contributed by atoms with Crippen molar-refractivity contribution in [3.8, 4) is 22.8 Å². The summed E-state index contributed by atoms with van der Waals surface area (Å²) >= 11 is 0. The molecule has 1 saturated heterocycles. The van der Waals surface area contributed by atoms with Gasteiger partial charge in [0.2, 0.25) is 6.10 Å². The Bertz CT molecular complexity index is 1060. The fourth-order valence-corrected chi connectivity index (χ4v) is 3.94. The van der Waals surface area contributed by atoms with Crippen LogP contribution in [-0.2, 0) is 4.79 Å². The zero-order valence-electron chi connectivity index (χ0n) is 17.3. The second kappa shape index (κ2) is 8.26. The number of hydrogen-bond donors (Lipinski definition) is 1. The number of hydrogen-bond acceptors (Lipinski definition) is 6. The van der Waals surface area contributed by atoms with Crippen molar-refractivity contribution in [1.82, 2.24) is 10.2 Å². The van der Waals surface area contributed by atoms with Crippen LogP contribution in [-0.4, -0.2) is 41.4 Å². The fraction of sp³-hybridized carbons (Fsp3) is 0.292. The first-order valence-electron chi connectivity index (χ1n) is 10.6. The smallest absolute Gasteiger partial charge is 0.269 e. The summed E-state index contributed by atoms with van der Waals surface area (Å²) in [7, 11) is 0. The number of ether oxygens (including phenoxy) is 2. The van der Waals surface area contributed by atoms with Gasteiger partial charge in [0, 0.05) is 24.3 Å². The van der Waals surface area contributed by atoms with Crippen molar-refractivity contribution in [3.05, 3.63) is 60.7 Å². The summed E-state index contributed by atoms with van der Waals surface area (Å²) in [6, 6.07) is 18.9. The van der Waals surface area contributed by atoms with Crippen molar-refractivity contribution < 1.29 is 14.3 Å². The Morgan fingerprint density at radius 1 is 0.935 bits per heavy atom. The minimum absolute atomic E-state index is 0.246. The second-order valence-electron chi connectivity index (χ2n) is 7.85. The zero-order chi connectivity index (χ0) is 21.2. The summed E-state index contributed by atoms with van der Waals surface area (Å²) in [6.07, 6.45) is 1.30. The van der Waals surface area contributed by atoms with E-state index in [-0.39, 0.29) is 5.91 Å². The lowest BCUT2D eigenvalue weighted by Gasteiger charge is -2.31. The highest BCUT2D eigenvalue weighted by Crippen LogP contribution is 2.33. The third-order valence-corrected chi connectivity index (χ3v) is 5.63. The van der Waals surface area contributed by atoms with Gasteiger partial charge in [0.1, 0.15) is 6.10 Å². The minimum Gasteiger partial charge on any atom is -0.482 e. The Morgan fingerprint density at radius 2 is 1.65 bits per heavy atom. The van der Waals surface area contributed by atoms with Gasteiger partial charge in [-0.2, -0.15) is 0 Å². The number of carbonyl (C=O) groups is 1. The molecule has 1 aromatic heterocycles. The molecular formula is C24H24N4O3. The lowest BCUT2D eigenvalue weighted by Crippen LogP contribution is -2.46. The van der Waals surface area contributed by atoms with Crippen LogP contribution in [0.1, 0.15) is 19.8 Å². The van der Waals surface area contributed by atoms with Crippen LogP contribution >= 0.6 is 0 Å². The number of nitrogens with one attached hydrogen (secondary N) is 1. The average molecular weight is 416 g/mol. The van der Waals surface area contributed by atoms with Gasteiger partial charge in [-0.1, -0.05) is 24.3 Å². The van der Waals surface area contributed by atoms with Crippen molar-refractivity contribution in [2.75, 3.05) is 23.3 Å². The molecular weight excluding hydrogens is 392 g/mol. The van der Waals surface area contributed by atoms with Crippen LogP contribution in [0.5, 0.6) is 11.5 Å². The molecule has 0 aliphatic carbocycles. The van der Waals surface area contributed by atoms with E-state index in [1.54, 1.807) is 6.07 Å². The molecule has 7 heteroatoms. The maximum Gasteiger partial charge on any atom is 0.269 e. The van der Waals surface area contributed by atoms with E-state index in [9.17, 15) is 4.79 Å². The number of benzene rings is 2. The Labute approximate surface area is 181 Å². The number of aromatic nitrogens is 2. The first-order valence-corrected chi connectivity index (χ1v) is 10.6. The molecule has 1 fully saturated rings. The van der Waals surface area contributed by atoms with E-state index in [1.165, 1.54) is 12.8 Å². The molecule has 1 amide bonds. The lowest BCUT2D eigenvalue weighted by atomic mass is 10.1. The summed E-state index contributed by atoms with van der Waals surface area (Å²) < 4.78 is 11.7. The van der Waals surface area contributed by atoms with E-state index in [2.05, 4.69) is 20.4 Å². The Balaban J connectivity index is 1.24. The lowest BCUT2D eigenvalue weighted by molar-refractivity contribution is -0.128. The molecule has 1 N–H and O–H groups in total. The van der Waals surface area contributed by atoms with Gasteiger partial charge in [0.05, 0.1) is 5.69 Å². The van der Waals surface area contributed by atoms with Crippen LogP contribution in [0.3, 0.4) is 0 Å². The highest BCUT2D eigenvalue weighted by molar-refractivity contribution is 5.95. The van der Waals surface area contributed by atoms with Crippen LogP contribution in [0.15, 0.2) is 60.7 Å². The molecule has 0 spiro atoms. The second-order valence-corrected chi connectivity index (χ2v) is 7.85. The molecule has 2 atom stereocenters. The summed E-state index contributed by atoms with van der Waals surface area (Å²) in [5, 5.41) is 11.7. The molecule has 5 rings (SSSR count). The van der Waals surface area contributed by atoms with E-state index in [4.69, 9.17) is 9.47 Å². The van der Waals surface area contributed by atoms with Gasteiger partial charge in [-0.05, 0) is 56.2 Å². The molecule has 2 unspecified atom stereocenters. The molecule has 158 valence electrons. The number of para-hydroxylation sites is 2. The molecule has 3 aromatic rings. The molecule has 0 radical (unpaired) electrons. The minimum atomic E-state index is -0.724. The predicted molar refractivity (Wildman–Crippen MR) is 118 cm³/mol. The molecule has 7 nitrogen and oxygen atoms in total. The highest BCUT2D eigenvalue weighted by atomic mass is 16.6. The van der Waals surface area contributed by atoms with E-state index >= 15 is 0 Å². The first kappa shape index (κ1) is 19.4. The topological polar surface area (TPSA) is 76.6 Å². The molecule has 0 bridgehead atoms. The predicted octanol–water partition coefficient (Wildman–Crippen LogP) is 3.91. The summed E-state index contributed by atoms with van der Waals surface area (Å²) in [5.41, 5.74) is 2.43. The van der Waals surface area contributed by atoms with E-state index < -0.39 is 12.2 Å². The van der Waals surface area contributed by atoms with Gasteiger partial charge < -0.3 is 19.7 Å². The first-order chi connectivity index (χ1) is 15.2. The highest BCUT2D eigenvalue weighted by Gasteiger charge is 2.34. The van der Waals surface area contributed by atoms with Crippen molar-refractivity contribution >= 4 is 17.4 Å². The normalized spacial score (nSPS) is 19.8. The summed E-state index contributed by atoms with van der Waals surface area (Å²) in [4.78, 5) is 15.0. The molecule has 2 aromatic carbocycles. The molecule has 3 heterocycles. The van der Waals surface area contributed by atoms with Gasteiger partial charge in [0.15, 0.2) is 17.3 Å². The Hall–Kier alpha value is -3.61. The van der Waals surface area contributed by atoms with Gasteiger partial charge in [-0.15, -0.1) is 10.2 Å². The third-order valence-electron chi connectivity index (χ3n) is 5.63. The Kier molecular flexibility index (Phi) is 5.16. The maximum atomic E-state index is 12.8. The van der Waals surface area contributed by atoms with Crippen molar-refractivity contribution in [1.29, 1.82) is 0 Å². The SMILES string of the molecule is CC1Oc2ccccc2OC1C(=O)Nc1ccc(-c2ccc(N3CCCC3)nn2)cc1. The van der Waals surface area contributed by atoms with Crippen molar-refractivity contribution in [2.45, 2.75) is 32.0 Å². The number of rotatable bonds is 4. The number of anilines is 2. The third kappa shape index (κ3) is 4.03. The number of carbonyl (C=O) groups excluding carboxylic acids is 1. The maximum absolute atomic E-state index is 12.8. The van der Waals surface area contributed by atoms with Crippen molar-refractivity contribution in [3.63, 3.8) is 0 Å². The van der Waals surface area contributed by atoms with Gasteiger partial charge in [-0.3, -0.25) is 4.79 Å². The molecule has 2 aliphatic heterocycles. The number of nitrogens with zero attached hydrogens (tertiary/aromatic N) is 3. The van der Waals surface area contributed by atoms with Crippen molar-refractivity contribution in [2.24, 2.45) is 0 Å². The summed E-state index contributed by atoms with van der Waals surface area (Å²) in [6.45, 7) is 3.92. The summed E-state index contributed by atoms with van der Waals surface area (Å²) in [5.74, 6) is 1.91. The van der Waals surface area contributed by atoms with Crippen LogP contribution < -0.4 is 19.7 Å². The average Bonchev–Trinajstić information content (AvgIpc) is 3.34. The van der Waals surface area contributed by atoms with E-state index in [0.29, 0.717) is 17.2 Å². The monoisotopic (exact) mass is 416 g/mol. The fourth-order valence-electron chi connectivity index (χ4n) is 3.94. The van der Waals surface area contributed by atoms with Gasteiger partial charge in [0.25, 0.3) is 5.91 Å². The van der Waals surface area contributed by atoms with Crippen LogP contribution in [0.2, 0.25) is 0 Å². The Morgan fingerprint density at radius 3 is 2.32 bits per heavy atom. The molecule has 31 heavy (non-hydrogen) atoms. The molecule has 2 aliphatic rings. The quantitative estimate of drug-likeness (QED) is 0.695. The number of amides is 1.